The maximum Gasteiger partial charge on any atom is 0.408 e. The molecule has 0 fully saturated rings. The van der Waals surface area contributed by atoms with Gasteiger partial charge in [0.25, 0.3) is 0 Å². The summed E-state index contributed by atoms with van der Waals surface area (Å²) in [5, 5.41) is 2.11. The highest BCUT2D eigenvalue weighted by molar-refractivity contribution is 5.47. The molecule has 1 unspecified atom stereocenters. The lowest BCUT2D eigenvalue weighted by molar-refractivity contribution is -0.142. The largest absolute Gasteiger partial charge is 0.408 e. The van der Waals surface area contributed by atoms with Crippen LogP contribution < -0.4 is 5.32 Å². The van der Waals surface area contributed by atoms with Gasteiger partial charge in [0, 0.05) is 11.3 Å². The molecule has 1 rings (SSSR count). The first kappa shape index (κ1) is 19.7. The Morgan fingerprint density at radius 2 is 1.48 bits per heavy atom. The second kappa shape index (κ2) is 8.20. The van der Waals surface area contributed by atoms with Crippen LogP contribution in [-0.2, 0) is 0 Å². The van der Waals surface area contributed by atoms with E-state index in [1.54, 1.807) is 13.8 Å². The Morgan fingerprint density at radius 3 is 1.76 bits per heavy atom. The molecule has 0 saturated carbocycles. The Morgan fingerprint density at radius 1 is 1.05 bits per heavy atom. The van der Waals surface area contributed by atoms with Crippen molar-refractivity contribution >= 4 is 5.69 Å². The third-order valence-corrected chi connectivity index (χ3v) is 2.80. The molecule has 1 nitrogen and oxygen atoms in total. The van der Waals surface area contributed by atoms with E-state index in [1.807, 2.05) is 13.8 Å². The molecule has 1 N–H and O–H groups in total. The molecule has 0 aliphatic carbocycles. The molecule has 0 bridgehead atoms. The van der Waals surface area contributed by atoms with Gasteiger partial charge in [-0.3, -0.25) is 0 Å². The summed E-state index contributed by atoms with van der Waals surface area (Å²) in [5.74, 6) is -2.05. The smallest absolute Gasteiger partial charge is 0.374 e. The topological polar surface area (TPSA) is 12.0 Å². The van der Waals surface area contributed by atoms with Gasteiger partial charge in [-0.15, -0.1) is 0 Å². The Bertz CT molecular complexity index is 417. The normalized spacial score (nSPS) is 12.7. The average molecular weight is 311 g/mol. The summed E-state index contributed by atoms with van der Waals surface area (Å²) in [6.07, 6.45) is -4.68. The second-order valence-corrected chi connectivity index (χ2v) is 4.66. The number of benzene rings is 1. The second-order valence-electron chi connectivity index (χ2n) is 4.66. The Labute approximate surface area is 122 Å². The zero-order chi connectivity index (χ0) is 16.8. The molecule has 0 heterocycles. The van der Waals surface area contributed by atoms with Gasteiger partial charge in [-0.1, -0.05) is 34.6 Å². The van der Waals surface area contributed by atoms with E-state index in [0.29, 0.717) is 0 Å². The molecule has 21 heavy (non-hydrogen) atoms. The molecule has 0 amide bonds. The minimum Gasteiger partial charge on any atom is -0.374 e. The molecule has 6 heteroatoms. The quantitative estimate of drug-likeness (QED) is 0.686. The van der Waals surface area contributed by atoms with Crippen LogP contribution in [0.1, 0.15) is 52.5 Å². The minimum absolute atomic E-state index is 0.120. The van der Waals surface area contributed by atoms with E-state index >= 15 is 0 Å². The third-order valence-electron chi connectivity index (χ3n) is 2.80. The summed E-state index contributed by atoms with van der Waals surface area (Å²) < 4.78 is 65.0. The minimum atomic E-state index is -4.46. The van der Waals surface area contributed by atoms with Crippen molar-refractivity contribution in [3.05, 3.63) is 29.3 Å². The molecule has 0 saturated heterocycles. The number of halogens is 5. The fourth-order valence-electron chi connectivity index (χ4n) is 1.84. The first-order valence-corrected chi connectivity index (χ1v) is 6.99. The van der Waals surface area contributed by atoms with Crippen LogP contribution in [0.15, 0.2) is 12.1 Å². The Hall–Kier alpha value is -1.33. The first-order valence-electron chi connectivity index (χ1n) is 6.99. The molecule has 0 spiro atoms. The lowest BCUT2D eigenvalue weighted by Gasteiger charge is -2.22. The van der Waals surface area contributed by atoms with Gasteiger partial charge in [-0.2, -0.15) is 13.2 Å². The molecular formula is C15H22F5N. The molecule has 1 aromatic rings. The van der Waals surface area contributed by atoms with Crippen molar-refractivity contribution in [3.8, 4) is 0 Å². The Kier molecular flexibility index (Phi) is 7.68. The maximum absolute atomic E-state index is 13.7. The lowest BCUT2D eigenvalue weighted by Crippen LogP contribution is -2.35. The van der Waals surface area contributed by atoms with E-state index in [1.165, 1.54) is 6.92 Å². The molecule has 0 aliphatic rings. The molecule has 0 aromatic heterocycles. The third kappa shape index (κ3) is 5.52. The predicted molar refractivity (Wildman–Crippen MR) is 75.6 cm³/mol. The van der Waals surface area contributed by atoms with Gasteiger partial charge < -0.3 is 5.32 Å². The van der Waals surface area contributed by atoms with Gasteiger partial charge in [-0.05, 0) is 24.5 Å². The van der Waals surface area contributed by atoms with E-state index in [9.17, 15) is 22.0 Å². The van der Waals surface area contributed by atoms with Crippen LogP contribution in [0.3, 0.4) is 0 Å². The van der Waals surface area contributed by atoms with Gasteiger partial charge in [0.15, 0.2) is 0 Å². The van der Waals surface area contributed by atoms with Crippen LogP contribution in [0.2, 0.25) is 0 Å². The van der Waals surface area contributed by atoms with Crippen LogP contribution in [0, 0.1) is 11.6 Å². The highest BCUT2D eigenvalue weighted by Crippen LogP contribution is 2.29. The number of nitrogens with one attached hydrogen (secondary N) is 1. The number of alkyl halides is 3. The van der Waals surface area contributed by atoms with Crippen LogP contribution >= 0.6 is 0 Å². The number of rotatable bonds is 4. The van der Waals surface area contributed by atoms with E-state index < -0.39 is 23.9 Å². The van der Waals surface area contributed by atoms with Crippen molar-refractivity contribution in [2.45, 2.75) is 59.2 Å². The monoisotopic (exact) mass is 311 g/mol. The van der Waals surface area contributed by atoms with Gasteiger partial charge in [0.2, 0.25) is 0 Å². The van der Waals surface area contributed by atoms with Gasteiger partial charge in [0.1, 0.15) is 17.7 Å². The zero-order valence-electron chi connectivity index (χ0n) is 12.9. The summed E-state index contributed by atoms with van der Waals surface area (Å²) in [7, 11) is 0. The summed E-state index contributed by atoms with van der Waals surface area (Å²) in [6, 6.07) is -0.0317. The highest BCUT2D eigenvalue weighted by Gasteiger charge is 2.38. The molecule has 122 valence electrons. The molecule has 1 aromatic carbocycles. The van der Waals surface area contributed by atoms with Crippen molar-refractivity contribution < 1.29 is 22.0 Å². The zero-order valence-corrected chi connectivity index (χ0v) is 12.9. The average Bonchev–Trinajstić information content (AvgIpc) is 2.35. The highest BCUT2D eigenvalue weighted by atomic mass is 19.4. The first-order chi connectivity index (χ1) is 9.66. The van der Waals surface area contributed by atoms with Crippen LogP contribution in [0.4, 0.5) is 27.6 Å². The SMILES string of the molecule is CC.CCC(Nc1cc(F)c(C(C)C)c(F)c1)C(F)(F)F. The predicted octanol–water partition coefficient (Wildman–Crippen LogP) is 5.87. The standard InChI is InChI=1S/C13H16F5N.C2H6/c1-4-11(13(16,17)18)19-8-5-9(14)12(7(2)3)10(15)6-8;1-2/h5-7,11,19H,4H2,1-3H3;1-2H3. The fraction of sp³-hybridized carbons (Fsp3) is 0.600. The Balaban J connectivity index is 0.00000191. The van der Waals surface area contributed by atoms with Crippen molar-refractivity contribution in [1.29, 1.82) is 0 Å². The summed E-state index contributed by atoms with van der Waals surface area (Å²) in [6.45, 7) is 8.57. The van der Waals surface area contributed by atoms with Crippen molar-refractivity contribution in [2.24, 2.45) is 0 Å². The van der Waals surface area contributed by atoms with Gasteiger partial charge >= 0.3 is 6.18 Å². The molecular weight excluding hydrogens is 289 g/mol. The van der Waals surface area contributed by atoms with Crippen LogP contribution in [-0.4, -0.2) is 12.2 Å². The summed E-state index contributed by atoms with van der Waals surface area (Å²) in [5.41, 5.74) is -0.325. The van der Waals surface area contributed by atoms with Crippen LogP contribution in [0.5, 0.6) is 0 Å². The maximum atomic E-state index is 13.7. The lowest BCUT2D eigenvalue weighted by atomic mass is 10.0. The van der Waals surface area contributed by atoms with Crippen LogP contribution in [0.25, 0.3) is 0 Å². The number of hydrogen-bond acceptors (Lipinski definition) is 1. The van der Waals surface area contributed by atoms with Gasteiger partial charge in [0.05, 0.1) is 0 Å². The van der Waals surface area contributed by atoms with E-state index in [0.717, 1.165) is 12.1 Å². The summed E-state index contributed by atoms with van der Waals surface area (Å²) >= 11 is 0. The fourth-order valence-corrected chi connectivity index (χ4v) is 1.84. The molecule has 0 radical (unpaired) electrons. The number of anilines is 1. The summed E-state index contributed by atoms with van der Waals surface area (Å²) in [4.78, 5) is 0. The van der Waals surface area contributed by atoms with Gasteiger partial charge in [-0.25, -0.2) is 8.78 Å². The molecule has 1 atom stereocenters. The van der Waals surface area contributed by atoms with Crippen molar-refractivity contribution in [1.82, 2.24) is 0 Å². The van der Waals surface area contributed by atoms with Crippen molar-refractivity contribution in [2.75, 3.05) is 5.32 Å². The van der Waals surface area contributed by atoms with E-state index in [2.05, 4.69) is 5.32 Å². The molecule has 0 aliphatic heterocycles. The number of hydrogen-bond donors (Lipinski definition) is 1. The van der Waals surface area contributed by atoms with Crippen molar-refractivity contribution in [3.63, 3.8) is 0 Å². The van der Waals surface area contributed by atoms with E-state index in [4.69, 9.17) is 0 Å². The van der Waals surface area contributed by atoms with E-state index in [-0.39, 0.29) is 23.6 Å².